The quantitative estimate of drug-likeness (QED) is 0.290. The summed E-state index contributed by atoms with van der Waals surface area (Å²) < 4.78 is 5.69. The van der Waals surface area contributed by atoms with Crippen molar-refractivity contribution in [1.82, 2.24) is 0 Å². The molecule has 0 saturated carbocycles. The Hall–Kier alpha value is 0.560. The lowest BCUT2D eigenvalue weighted by molar-refractivity contribution is 0.244. The molecule has 0 aliphatic rings. The highest BCUT2D eigenvalue weighted by atomic mass is 127. The van der Waals surface area contributed by atoms with Crippen molar-refractivity contribution >= 4 is 22.6 Å². The van der Waals surface area contributed by atoms with Crippen LogP contribution in [0.15, 0.2) is 0 Å². The van der Waals surface area contributed by atoms with Gasteiger partial charge in [-0.2, -0.15) is 4.74 Å². The van der Waals surface area contributed by atoms with Crippen LogP contribution in [0.25, 0.3) is 0 Å². The summed E-state index contributed by atoms with van der Waals surface area (Å²) >= 11 is 2.30. The lowest BCUT2D eigenvalue weighted by Crippen LogP contribution is -1.84. The third kappa shape index (κ3) is 4.56. The van der Waals surface area contributed by atoms with Gasteiger partial charge < -0.3 is 0 Å². The van der Waals surface area contributed by atoms with Gasteiger partial charge in [-0.05, 0) is 6.42 Å². The van der Waals surface area contributed by atoms with Gasteiger partial charge in [0.1, 0.15) is 0 Å². The van der Waals surface area contributed by atoms with Crippen LogP contribution in [-0.2, 0) is 4.74 Å². The van der Waals surface area contributed by atoms with Crippen molar-refractivity contribution in [3.05, 3.63) is 7.11 Å². The van der Waals surface area contributed by atoms with Gasteiger partial charge in [0.25, 0.3) is 0 Å². The summed E-state index contributed by atoms with van der Waals surface area (Å²) in [6.45, 7) is 0.795. The van der Waals surface area contributed by atoms with Crippen LogP contribution in [0, 0.1) is 7.11 Å². The van der Waals surface area contributed by atoms with E-state index >= 15 is 0 Å². The van der Waals surface area contributed by atoms with Crippen molar-refractivity contribution < 1.29 is 4.74 Å². The number of hydrogen-bond acceptors (Lipinski definition) is 1. The first-order chi connectivity index (χ1) is 2.91. The molecule has 0 atom stereocenters. The molecule has 0 aromatic carbocycles. The fourth-order valence-electron chi connectivity index (χ4n) is 0.157. The van der Waals surface area contributed by atoms with Crippen LogP contribution in [0.2, 0.25) is 0 Å². The largest absolute Gasteiger partial charge is 0.213 e. The zero-order valence-corrected chi connectivity index (χ0v) is 5.77. The Morgan fingerprint density at radius 1 is 1.67 bits per heavy atom. The van der Waals surface area contributed by atoms with Crippen molar-refractivity contribution in [2.24, 2.45) is 0 Å². The van der Waals surface area contributed by atoms with Gasteiger partial charge in [0, 0.05) is 4.43 Å². The standard InChI is InChI=1S/C4H8IO/c1-6-4-2-3-5/h1-4H2/q+1. The summed E-state index contributed by atoms with van der Waals surface area (Å²) in [6, 6.07) is 0. The summed E-state index contributed by atoms with van der Waals surface area (Å²) in [5, 5.41) is 0. The van der Waals surface area contributed by atoms with E-state index in [4.69, 9.17) is 0 Å². The molecule has 1 nitrogen and oxygen atoms in total. The number of hydrogen-bond donors (Lipinski definition) is 0. The maximum Gasteiger partial charge on any atom is 0.213 e. The topological polar surface area (TPSA) is 9.23 Å². The second-order valence-electron chi connectivity index (χ2n) is 0.951. The van der Waals surface area contributed by atoms with Gasteiger partial charge >= 0.3 is 0 Å². The van der Waals surface area contributed by atoms with Crippen molar-refractivity contribution in [2.75, 3.05) is 11.0 Å². The van der Waals surface area contributed by atoms with E-state index in [0.717, 1.165) is 17.5 Å². The van der Waals surface area contributed by atoms with E-state index in [2.05, 4.69) is 34.4 Å². The fraction of sp³-hybridized carbons (Fsp3) is 0.750. The molecule has 0 radical (unpaired) electrons. The van der Waals surface area contributed by atoms with E-state index in [1.54, 1.807) is 0 Å². The predicted octanol–water partition coefficient (Wildman–Crippen LogP) is 1.62. The van der Waals surface area contributed by atoms with Crippen LogP contribution < -0.4 is 0 Å². The Balaban J connectivity index is 2.34. The summed E-state index contributed by atoms with van der Waals surface area (Å²) in [4.78, 5) is 0. The maximum atomic E-state index is 4.53. The Morgan fingerprint density at radius 2 is 2.33 bits per heavy atom. The third-order valence-corrected chi connectivity index (χ3v) is 1.19. The molecule has 0 heterocycles. The Labute approximate surface area is 52.2 Å². The number of alkyl halides is 1. The molecule has 0 aromatic heterocycles. The molecular formula is C4H8IO+. The third-order valence-electron chi connectivity index (χ3n) is 0.422. The molecule has 0 aromatic rings. The Bertz CT molecular complexity index is 19.5. The summed E-state index contributed by atoms with van der Waals surface area (Å²) in [6.07, 6.45) is 1.12. The number of rotatable bonds is 3. The molecule has 0 spiro atoms. The highest BCUT2D eigenvalue weighted by Gasteiger charge is 1.80. The molecule has 0 saturated heterocycles. The van der Waals surface area contributed by atoms with Crippen molar-refractivity contribution in [2.45, 2.75) is 6.42 Å². The van der Waals surface area contributed by atoms with E-state index in [0.29, 0.717) is 0 Å². The van der Waals surface area contributed by atoms with E-state index in [-0.39, 0.29) is 0 Å². The predicted molar refractivity (Wildman–Crippen MR) is 34.8 cm³/mol. The Kier molecular flexibility index (Phi) is 6.08. The molecule has 0 aliphatic carbocycles. The van der Waals surface area contributed by atoms with Crippen LogP contribution in [0.1, 0.15) is 6.42 Å². The van der Waals surface area contributed by atoms with E-state index < -0.39 is 0 Å². The number of halogens is 1. The second kappa shape index (κ2) is 5.56. The van der Waals surface area contributed by atoms with Crippen LogP contribution in [0.5, 0.6) is 0 Å². The van der Waals surface area contributed by atoms with E-state index in [1.165, 1.54) is 0 Å². The van der Waals surface area contributed by atoms with Crippen molar-refractivity contribution in [1.29, 1.82) is 0 Å². The molecule has 0 unspecified atom stereocenters. The minimum Gasteiger partial charge on any atom is -0.199 e. The molecule has 0 aliphatic heterocycles. The summed E-state index contributed by atoms with van der Waals surface area (Å²) in [5.74, 6) is 0. The molecule has 2 heteroatoms. The smallest absolute Gasteiger partial charge is 0.199 e. The highest BCUT2D eigenvalue weighted by molar-refractivity contribution is 14.1. The minimum atomic E-state index is 0.795. The molecule has 0 fully saturated rings. The zero-order valence-electron chi connectivity index (χ0n) is 3.61. The van der Waals surface area contributed by atoms with E-state index in [9.17, 15) is 0 Å². The first kappa shape index (κ1) is 6.56. The SMILES string of the molecule is [CH2+]OCCCI. The lowest BCUT2D eigenvalue weighted by Gasteiger charge is -1.81. The normalized spacial score (nSPS) is 8.83. The molecule has 0 amide bonds. The van der Waals surface area contributed by atoms with E-state index in [1.807, 2.05) is 0 Å². The summed E-state index contributed by atoms with van der Waals surface area (Å²) in [7, 11) is 3.22. The van der Waals surface area contributed by atoms with Crippen molar-refractivity contribution in [3.8, 4) is 0 Å². The highest BCUT2D eigenvalue weighted by Crippen LogP contribution is 1.86. The average molecular weight is 199 g/mol. The van der Waals surface area contributed by atoms with Crippen LogP contribution in [0.3, 0.4) is 0 Å². The fourth-order valence-corrected chi connectivity index (χ4v) is 0.468. The average Bonchev–Trinajstić information content (AvgIpc) is 1.61. The number of ether oxygens (including phenoxy) is 1. The molecule has 0 N–H and O–H groups in total. The van der Waals surface area contributed by atoms with Crippen LogP contribution in [0.4, 0.5) is 0 Å². The van der Waals surface area contributed by atoms with Gasteiger partial charge in [-0.1, -0.05) is 22.6 Å². The lowest BCUT2D eigenvalue weighted by atomic mass is 10.5. The first-order valence-electron chi connectivity index (χ1n) is 1.84. The van der Waals surface area contributed by atoms with Gasteiger partial charge in [-0.15, -0.1) is 0 Å². The first-order valence-corrected chi connectivity index (χ1v) is 3.37. The molecule has 0 rings (SSSR count). The molecular weight excluding hydrogens is 191 g/mol. The van der Waals surface area contributed by atoms with Crippen LogP contribution in [-0.4, -0.2) is 11.0 Å². The molecule has 6 heavy (non-hydrogen) atoms. The monoisotopic (exact) mass is 199 g/mol. The maximum absolute atomic E-state index is 4.53. The Morgan fingerprint density at radius 3 is 2.50 bits per heavy atom. The molecule has 0 bridgehead atoms. The van der Waals surface area contributed by atoms with Gasteiger partial charge in [0.05, 0.1) is 6.61 Å². The second-order valence-corrected chi connectivity index (χ2v) is 2.03. The minimum absolute atomic E-state index is 0.795. The van der Waals surface area contributed by atoms with Gasteiger partial charge in [0.15, 0.2) is 0 Å². The molecule has 36 valence electrons. The zero-order chi connectivity index (χ0) is 4.83. The van der Waals surface area contributed by atoms with Crippen molar-refractivity contribution in [3.63, 3.8) is 0 Å². The van der Waals surface area contributed by atoms with Crippen LogP contribution >= 0.6 is 22.6 Å². The van der Waals surface area contributed by atoms with Gasteiger partial charge in [-0.25, -0.2) is 0 Å². The summed E-state index contributed by atoms with van der Waals surface area (Å²) in [5.41, 5.74) is 0. The van der Waals surface area contributed by atoms with Gasteiger partial charge in [0.2, 0.25) is 7.11 Å². The van der Waals surface area contributed by atoms with Gasteiger partial charge in [-0.3, -0.25) is 0 Å².